The molecule has 2 aliphatic rings. The van der Waals surface area contributed by atoms with E-state index in [1.165, 1.54) is 6.33 Å². The highest BCUT2D eigenvalue weighted by Crippen LogP contribution is 2.33. The quantitative estimate of drug-likeness (QED) is 0.531. The third-order valence-corrected chi connectivity index (χ3v) is 5.21. The molecule has 0 saturated heterocycles. The Morgan fingerprint density at radius 1 is 1.43 bits per heavy atom. The summed E-state index contributed by atoms with van der Waals surface area (Å²) < 4.78 is 25.4. The summed E-state index contributed by atoms with van der Waals surface area (Å²) in [7, 11) is 4.24. The molecule has 11 heteroatoms. The van der Waals surface area contributed by atoms with E-state index in [1.807, 2.05) is 43.2 Å². The number of hydrogen-bond acceptors (Lipinski definition) is 8. The average molecular weight is 431 g/mol. The van der Waals surface area contributed by atoms with Crippen LogP contribution in [0.15, 0.2) is 51.7 Å². The molecule has 2 aromatic rings. The van der Waals surface area contributed by atoms with Gasteiger partial charge in [-0.3, -0.25) is 0 Å². The molecule has 0 fully saturated rings. The van der Waals surface area contributed by atoms with Gasteiger partial charge in [-0.15, -0.1) is 14.3 Å². The van der Waals surface area contributed by atoms with E-state index in [0.717, 1.165) is 5.70 Å². The van der Waals surface area contributed by atoms with Gasteiger partial charge < -0.3 is 14.1 Å². The van der Waals surface area contributed by atoms with E-state index in [9.17, 15) is 4.48 Å². The predicted molar refractivity (Wildman–Crippen MR) is 113 cm³/mol. The van der Waals surface area contributed by atoms with Crippen LogP contribution in [-0.2, 0) is 11.2 Å². The van der Waals surface area contributed by atoms with Gasteiger partial charge in [0.15, 0.2) is 0 Å². The molecule has 4 rings (SSSR count). The second-order valence-corrected chi connectivity index (χ2v) is 7.85. The molecule has 0 N–H and O–H groups in total. The van der Waals surface area contributed by atoms with Crippen LogP contribution < -0.4 is 4.90 Å². The lowest BCUT2D eigenvalue weighted by Gasteiger charge is -2.31. The number of halogens is 1. The number of anilines is 1. The van der Waals surface area contributed by atoms with Gasteiger partial charge in [-0.25, -0.2) is 9.99 Å². The molecule has 3 atom stereocenters. The summed E-state index contributed by atoms with van der Waals surface area (Å²) in [6.07, 6.45) is 10.8. The zero-order valence-corrected chi connectivity index (χ0v) is 18.1. The molecule has 0 saturated carbocycles. The zero-order valence-electron chi connectivity index (χ0n) is 16.9. The van der Waals surface area contributed by atoms with Crippen molar-refractivity contribution in [1.29, 1.82) is 0 Å². The van der Waals surface area contributed by atoms with Crippen LogP contribution in [0.25, 0.3) is 0 Å². The Morgan fingerprint density at radius 2 is 2.27 bits per heavy atom. The Labute approximate surface area is 175 Å². The number of rotatable bonds is 5. The molecule has 0 aliphatic carbocycles. The number of hydrazone groups is 1. The molecule has 4 heterocycles. The van der Waals surface area contributed by atoms with Crippen LogP contribution in [-0.4, -0.2) is 44.8 Å². The first kappa shape index (κ1) is 20.3. The highest BCUT2D eigenvalue weighted by atomic mass is 31.0. The van der Waals surface area contributed by atoms with Crippen molar-refractivity contribution >= 4 is 21.5 Å². The monoisotopic (exact) mass is 431 g/mol. The molecule has 0 spiro atoms. The number of ether oxygens (including phenoxy) is 1. The normalized spacial score (nSPS) is 21.3. The van der Waals surface area contributed by atoms with Crippen LogP contribution in [0.4, 0.5) is 10.5 Å². The second-order valence-electron chi connectivity index (χ2n) is 6.85. The van der Waals surface area contributed by atoms with Crippen LogP contribution in [0.3, 0.4) is 0 Å². The lowest BCUT2D eigenvalue weighted by Crippen LogP contribution is -2.37. The van der Waals surface area contributed by atoms with Crippen molar-refractivity contribution < 1.29 is 13.6 Å². The first-order valence-electron chi connectivity index (χ1n) is 9.53. The Hall–Kier alpha value is -3.00. The van der Waals surface area contributed by atoms with Crippen molar-refractivity contribution in [2.24, 2.45) is 5.10 Å². The fraction of sp³-hybridized carbons (Fsp3) is 0.368. The van der Waals surface area contributed by atoms with Gasteiger partial charge in [0.25, 0.3) is 0 Å². The number of fused-ring (bicyclic) bond motifs is 1. The number of allylic oxidation sites excluding steroid dienone is 3. The number of imidazole rings is 1. The summed E-state index contributed by atoms with van der Waals surface area (Å²) >= 11 is 0. The van der Waals surface area contributed by atoms with E-state index in [-0.39, 0.29) is 5.66 Å². The number of aromatic nitrogens is 4. The van der Waals surface area contributed by atoms with E-state index < -0.39 is 6.04 Å². The number of methoxy groups -OCH3 is 1. The molecule has 158 valence electrons. The maximum atomic E-state index is 14.1. The smallest absolute Gasteiger partial charge is 0.319 e. The SMILES string of the molecule is C/C=C1/C(OC)=CC=CN1/N=C/[C@H]1c2ncn(F)c2CCN1c1nnc(C(C)P)o1. The number of hydrogen-bond donors (Lipinski definition) is 0. The summed E-state index contributed by atoms with van der Waals surface area (Å²) in [6.45, 7) is 4.34. The molecular formula is C19H23FN7O2P. The van der Waals surface area contributed by atoms with Gasteiger partial charge >= 0.3 is 6.01 Å². The van der Waals surface area contributed by atoms with Crippen LogP contribution in [0.2, 0.25) is 0 Å². The van der Waals surface area contributed by atoms with E-state index in [2.05, 4.69) is 29.5 Å². The third-order valence-electron chi connectivity index (χ3n) is 4.92. The summed E-state index contributed by atoms with van der Waals surface area (Å²) in [4.78, 5) is 6.71. The first-order valence-corrected chi connectivity index (χ1v) is 10.2. The Morgan fingerprint density at radius 3 is 2.97 bits per heavy atom. The minimum absolute atomic E-state index is 0.0266. The van der Waals surface area contributed by atoms with Crippen LogP contribution in [0.5, 0.6) is 0 Å². The molecule has 0 radical (unpaired) electrons. The van der Waals surface area contributed by atoms with Crippen molar-refractivity contribution in [2.75, 3.05) is 18.6 Å². The Balaban J connectivity index is 1.68. The van der Waals surface area contributed by atoms with Gasteiger partial charge in [-0.1, -0.05) is 22.6 Å². The molecule has 9 nitrogen and oxygen atoms in total. The molecule has 30 heavy (non-hydrogen) atoms. The van der Waals surface area contributed by atoms with Gasteiger partial charge in [-0.2, -0.15) is 9.89 Å². The molecule has 2 unspecified atom stereocenters. The minimum Gasteiger partial charge on any atom is -0.495 e. The van der Waals surface area contributed by atoms with Gasteiger partial charge in [0.1, 0.15) is 23.8 Å². The molecule has 0 aromatic carbocycles. The van der Waals surface area contributed by atoms with Crippen molar-refractivity contribution in [1.82, 2.24) is 25.0 Å². The van der Waals surface area contributed by atoms with Crippen LogP contribution in [0, 0.1) is 0 Å². The largest absolute Gasteiger partial charge is 0.495 e. The van der Waals surface area contributed by atoms with Crippen molar-refractivity contribution in [2.45, 2.75) is 32.0 Å². The number of nitrogens with zero attached hydrogens (tertiary/aromatic N) is 7. The molecule has 2 aliphatic heterocycles. The summed E-state index contributed by atoms with van der Waals surface area (Å²) in [5.41, 5.74) is 1.90. The fourth-order valence-corrected chi connectivity index (χ4v) is 3.56. The lowest BCUT2D eigenvalue weighted by molar-refractivity contribution is 0.275. The van der Waals surface area contributed by atoms with Crippen molar-refractivity contribution in [3.63, 3.8) is 0 Å². The molecular weight excluding hydrogens is 408 g/mol. The average Bonchev–Trinajstić information content (AvgIpc) is 3.39. The second kappa shape index (κ2) is 8.39. The standard InChI is InChI=1S/C19H23FN7O2P/c1-4-13-16(28-3)6-5-8-27(13)22-10-15-17-14(26(20)11-21-17)7-9-25(15)19-24-23-18(29-19)12(2)30/h4-6,8,10-12,15H,7,9,30H2,1-3H3/b13-4-,22-10+/t12?,15-/m0/s1. The van der Waals surface area contributed by atoms with E-state index in [1.54, 1.807) is 18.3 Å². The van der Waals surface area contributed by atoms with E-state index in [4.69, 9.17) is 9.15 Å². The van der Waals surface area contributed by atoms with E-state index in [0.29, 0.717) is 46.8 Å². The van der Waals surface area contributed by atoms with Gasteiger partial charge in [0, 0.05) is 24.8 Å². The van der Waals surface area contributed by atoms with Crippen molar-refractivity contribution in [3.8, 4) is 0 Å². The third kappa shape index (κ3) is 3.63. The highest BCUT2D eigenvalue weighted by molar-refractivity contribution is 7.17. The minimum atomic E-state index is -0.470. The molecule has 0 amide bonds. The predicted octanol–water partition coefficient (Wildman–Crippen LogP) is 3.29. The lowest BCUT2D eigenvalue weighted by atomic mass is 10.0. The first-order chi connectivity index (χ1) is 14.5. The topological polar surface area (TPSA) is 84.8 Å². The molecule has 2 aromatic heterocycles. The van der Waals surface area contributed by atoms with Crippen molar-refractivity contribution in [3.05, 3.63) is 59.5 Å². The van der Waals surface area contributed by atoms with Gasteiger partial charge in [0.2, 0.25) is 5.89 Å². The van der Waals surface area contributed by atoms with Gasteiger partial charge in [0.05, 0.1) is 24.7 Å². The maximum Gasteiger partial charge on any atom is 0.319 e. The summed E-state index contributed by atoms with van der Waals surface area (Å²) in [5, 5.41) is 14.6. The Bertz CT molecular complexity index is 1040. The van der Waals surface area contributed by atoms with Crippen LogP contribution in [0.1, 0.15) is 42.8 Å². The van der Waals surface area contributed by atoms with Gasteiger partial charge in [-0.05, 0) is 19.1 Å². The summed E-state index contributed by atoms with van der Waals surface area (Å²) in [5.74, 6) is 1.21. The van der Waals surface area contributed by atoms with E-state index >= 15 is 0 Å². The Kier molecular flexibility index (Phi) is 5.67. The zero-order chi connectivity index (χ0) is 21.3. The molecule has 0 bridgehead atoms. The highest BCUT2D eigenvalue weighted by Gasteiger charge is 2.34. The van der Waals surface area contributed by atoms with Crippen LogP contribution >= 0.6 is 9.24 Å². The fourth-order valence-electron chi connectivity index (χ4n) is 3.43. The summed E-state index contributed by atoms with van der Waals surface area (Å²) in [6, 6.07) is -0.116. The maximum absolute atomic E-state index is 14.1.